The van der Waals surface area contributed by atoms with E-state index in [4.69, 9.17) is 0 Å². The number of fused-ring (bicyclic) bond motifs is 1. The zero-order valence-corrected chi connectivity index (χ0v) is 16.1. The molecule has 2 atom stereocenters. The van der Waals surface area contributed by atoms with Gasteiger partial charge in [0.05, 0.1) is 0 Å². The maximum Gasteiger partial charge on any atom is 0.255 e. The fourth-order valence-electron chi connectivity index (χ4n) is 4.54. The van der Waals surface area contributed by atoms with E-state index < -0.39 is 6.04 Å². The molecule has 3 amide bonds. The second-order valence-corrected chi connectivity index (χ2v) is 8.03. The average molecular weight is 384 g/mol. The lowest BCUT2D eigenvalue weighted by Crippen LogP contribution is -2.52. The van der Waals surface area contributed by atoms with Gasteiger partial charge in [-0.05, 0) is 62.4 Å². The van der Waals surface area contributed by atoms with Crippen LogP contribution in [0.15, 0.2) is 18.2 Å². The lowest BCUT2D eigenvalue weighted by molar-refractivity contribution is -0.136. The van der Waals surface area contributed by atoms with Crippen molar-refractivity contribution in [3.63, 3.8) is 0 Å². The van der Waals surface area contributed by atoms with Gasteiger partial charge < -0.3 is 15.5 Å². The first-order valence-corrected chi connectivity index (χ1v) is 10.3. The van der Waals surface area contributed by atoms with Crippen LogP contribution >= 0.6 is 0 Å². The van der Waals surface area contributed by atoms with Crippen LogP contribution in [0.5, 0.6) is 0 Å². The summed E-state index contributed by atoms with van der Waals surface area (Å²) in [5.41, 5.74) is 2.67. The van der Waals surface area contributed by atoms with E-state index in [2.05, 4.69) is 16.0 Å². The van der Waals surface area contributed by atoms with Crippen molar-refractivity contribution < 1.29 is 14.4 Å². The quantitative estimate of drug-likeness (QED) is 0.501. The van der Waals surface area contributed by atoms with E-state index in [9.17, 15) is 14.4 Å². The van der Waals surface area contributed by atoms with Crippen LogP contribution in [0.4, 0.5) is 0 Å². The number of hydrogen-bond acceptors (Lipinski definition) is 5. The number of benzene rings is 1. The molecule has 3 aliphatic heterocycles. The van der Waals surface area contributed by atoms with Crippen molar-refractivity contribution in [1.82, 2.24) is 20.9 Å². The summed E-state index contributed by atoms with van der Waals surface area (Å²) in [4.78, 5) is 38.3. The zero-order chi connectivity index (χ0) is 19.5. The Morgan fingerprint density at radius 1 is 1.18 bits per heavy atom. The fraction of sp³-hybridized carbons (Fsp3) is 0.571. The van der Waals surface area contributed by atoms with E-state index in [0.29, 0.717) is 19.5 Å². The normalized spacial score (nSPS) is 25.0. The highest BCUT2D eigenvalue weighted by Crippen LogP contribution is 2.29. The number of imide groups is 1. The molecular weight excluding hydrogens is 356 g/mol. The third kappa shape index (κ3) is 3.95. The molecule has 28 heavy (non-hydrogen) atoms. The lowest BCUT2D eigenvalue weighted by Gasteiger charge is -2.29. The van der Waals surface area contributed by atoms with Gasteiger partial charge in [-0.3, -0.25) is 19.7 Å². The van der Waals surface area contributed by atoms with E-state index in [-0.39, 0.29) is 24.1 Å². The van der Waals surface area contributed by atoms with Crippen LogP contribution < -0.4 is 16.0 Å². The molecule has 2 saturated heterocycles. The molecule has 0 bridgehead atoms. The molecule has 1 unspecified atom stereocenters. The van der Waals surface area contributed by atoms with E-state index in [0.717, 1.165) is 48.7 Å². The minimum atomic E-state index is -0.558. The summed E-state index contributed by atoms with van der Waals surface area (Å²) in [6, 6.07) is 5.36. The number of rotatable bonds is 6. The molecule has 3 N–H and O–H groups in total. The van der Waals surface area contributed by atoms with Gasteiger partial charge in [0, 0.05) is 25.1 Å². The summed E-state index contributed by atoms with van der Waals surface area (Å²) in [5, 5.41) is 9.28. The Morgan fingerprint density at radius 3 is 2.86 bits per heavy atom. The summed E-state index contributed by atoms with van der Waals surface area (Å²) >= 11 is 0. The van der Waals surface area contributed by atoms with Gasteiger partial charge in [0.1, 0.15) is 6.04 Å². The van der Waals surface area contributed by atoms with Crippen LogP contribution in [-0.2, 0) is 22.7 Å². The minimum Gasteiger partial charge on any atom is -0.322 e. The molecular formula is C21H28N4O3. The van der Waals surface area contributed by atoms with Gasteiger partial charge in [-0.1, -0.05) is 18.2 Å². The van der Waals surface area contributed by atoms with Crippen LogP contribution in [0.2, 0.25) is 0 Å². The molecule has 7 heteroatoms. The Bertz CT molecular complexity index is 773. The third-order valence-electron chi connectivity index (χ3n) is 6.08. The third-order valence-corrected chi connectivity index (χ3v) is 6.08. The molecule has 2 fully saturated rings. The number of hydrogen-bond donors (Lipinski definition) is 3. The van der Waals surface area contributed by atoms with Crippen LogP contribution in [0, 0.1) is 5.92 Å². The molecule has 3 heterocycles. The van der Waals surface area contributed by atoms with Crippen molar-refractivity contribution in [2.24, 2.45) is 5.92 Å². The molecule has 150 valence electrons. The molecule has 0 aromatic heterocycles. The van der Waals surface area contributed by atoms with Crippen LogP contribution in [0.1, 0.15) is 53.6 Å². The van der Waals surface area contributed by atoms with Crippen molar-refractivity contribution in [1.29, 1.82) is 0 Å². The van der Waals surface area contributed by atoms with E-state index in [1.54, 1.807) is 4.90 Å². The van der Waals surface area contributed by atoms with Crippen LogP contribution in [0.25, 0.3) is 0 Å². The first-order chi connectivity index (χ1) is 13.6. The second-order valence-electron chi connectivity index (χ2n) is 8.03. The SMILES string of the molecule is O=C1CCC(N2Cc3cccc(CNCC[C@H]4CCCNC4)c3C2=O)C(=O)N1. The first-order valence-electron chi connectivity index (χ1n) is 10.3. The van der Waals surface area contributed by atoms with Gasteiger partial charge in [0.25, 0.3) is 5.91 Å². The molecule has 0 spiro atoms. The topological polar surface area (TPSA) is 90.5 Å². The standard InChI is InChI=1S/C21H28N4O3/c26-18-7-6-17(20(27)24-18)25-13-16-5-1-4-15(19(16)21(25)28)12-23-10-8-14-3-2-9-22-11-14/h1,4-5,14,17,22-23H,2-3,6-13H2,(H,24,26,27)/t14-,17?/m1/s1. The predicted octanol–water partition coefficient (Wildman–Crippen LogP) is 0.927. The molecule has 7 nitrogen and oxygen atoms in total. The zero-order valence-electron chi connectivity index (χ0n) is 16.1. The number of piperidine rings is 2. The molecule has 3 aliphatic rings. The summed E-state index contributed by atoms with van der Waals surface area (Å²) in [6.45, 7) is 4.25. The molecule has 0 saturated carbocycles. The van der Waals surface area contributed by atoms with Crippen molar-refractivity contribution in [3.8, 4) is 0 Å². The van der Waals surface area contributed by atoms with Crippen LogP contribution in [-0.4, -0.2) is 48.3 Å². The van der Waals surface area contributed by atoms with Crippen molar-refractivity contribution >= 4 is 17.7 Å². The molecule has 1 aromatic carbocycles. The Hall–Kier alpha value is -2.25. The highest BCUT2D eigenvalue weighted by molar-refractivity contribution is 6.05. The molecule has 4 rings (SSSR count). The maximum absolute atomic E-state index is 13.0. The average Bonchev–Trinajstić information content (AvgIpc) is 3.03. The van der Waals surface area contributed by atoms with Gasteiger partial charge in [-0.2, -0.15) is 0 Å². The maximum atomic E-state index is 13.0. The van der Waals surface area contributed by atoms with E-state index in [1.807, 2.05) is 18.2 Å². The van der Waals surface area contributed by atoms with Gasteiger partial charge in [-0.15, -0.1) is 0 Å². The smallest absolute Gasteiger partial charge is 0.255 e. The Balaban J connectivity index is 1.37. The van der Waals surface area contributed by atoms with Gasteiger partial charge in [-0.25, -0.2) is 0 Å². The Morgan fingerprint density at radius 2 is 2.07 bits per heavy atom. The number of nitrogens with one attached hydrogen (secondary N) is 3. The van der Waals surface area contributed by atoms with Gasteiger partial charge in [0.15, 0.2) is 0 Å². The summed E-state index contributed by atoms with van der Waals surface area (Å²) in [5.74, 6) is 0.00685. The van der Waals surface area contributed by atoms with Crippen LogP contribution in [0.3, 0.4) is 0 Å². The Labute approximate surface area is 165 Å². The highest BCUT2D eigenvalue weighted by atomic mass is 16.2. The van der Waals surface area contributed by atoms with Crippen molar-refractivity contribution in [3.05, 3.63) is 34.9 Å². The van der Waals surface area contributed by atoms with Crippen molar-refractivity contribution in [2.75, 3.05) is 19.6 Å². The molecule has 1 aromatic rings. The predicted molar refractivity (Wildman–Crippen MR) is 104 cm³/mol. The fourth-order valence-corrected chi connectivity index (χ4v) is 4.54. The summed E-state index contributed by atoms with van der Waals surface area (Å²) in [6.07, 6.45) is 4.35. The number of carbonyl (C=O) groups is 3. The largest absolute Gasteiger partial charge is 0.322 e. The molecule has 0 aliphatic carbocycles. The van der Waals surface area contributed by atoms with Gasteiger partial charge in [0.2, 0.25) is 11.8 Å². The second kappa shape index (κ2) is 8.41. The van der Waals surface area contributed by atoms with E-state index in [1.165, 1.54) is 12.8 Å². The summed E-state index contributed by atoms with van der Waals surface area (Å²) in [7, 11) is 0. The number of amides is 3. The lowest BCUT2D eigenvalue weighted by atomic mass is 9.96. The first kappa shape index (κ1) is 19.1. The van der Waals surface area contributed by atoms with Crippen molar-refractivity contribution in [2.45, 2.75) is 51.2 Å². The minimum absolute atomic E-state index is 0.0987. The highest BCUT2D eigenvalue weighted by Gasteiger charge is 2.39. The number of carbonyl (C=O) groups excluding carboxylic acids is 3. The molecule has 0 radical (unpaired) electrons. The monoisotopic (exact) mass is 384 g/mol. The van der Waals surface area contributed by atoms with E-state index >= 15 is 0 Å². The Kier molecular flexibility index (Phi) is 5.73. The van der Waals surface area contributed by atoms with Gasteiger partial charge >= 0.3 is 0 Å². The summed E-state index contributed by atoms with van der Waals surface area (Å²) < 4.78 is 0. The number of nitrogens with zero attached hydrogens (tertiary/aromatic N) is 1.